The largest absolute Gasteiger partial charge is 0.478 e. The highest BCUT2D eigenvalue weighted by Crippen LogP contribution is 2.35. The van der Waals surface area contributed by atoms with Crippen LogP contribution in [0.25, 0.3) is 5.82 Å². The van der Waals surface area contributed by atoms with E-state index in [1.807, 2.05) is 0 Å². The molecular formula is C10H6ClF3N4O2. The first-order valence-electron chi connectivity index (χ1n) is 5.11. The SMILES string of the molecule is Cc1ccc(-n2nc(C(F)(F)F)c(C(=O)O)c2Cl)nn1. The minimum absolute atomic E-state index is 0.112. The van der Waals surface area contributed by atoms with Crippen molar-refractivity contribution in [1.29, 1.82) is 0 Å². The van der Waals surface area contributed by atoms with Crippen molar-refractivity contribution in [2.24, 2.45) is 0 Å². The van der Waals surface area contributed by atoms with Crippen LogP contribution in [0.15, 0.2) is 12.1 Å². The first-order chi connectivity index (χ1) is 9.21. The molecule has 0 radical (unpaired) electrons. The van der Waals surface area contributed by atoms with Gasteiger partial charge in [0.15, 0.2) is 11.5 Å². The van der Waals surface area contributed by atoms with Crippen LogP contribution in [-0.4, -0.2) is 31.1 Å². The molecule has 2 rings (SSSR count). The van der Waals surface area contributed by atoms with Gasteiger partial charge in [-0.05, 0) is 19.1 Å². The second kappa shape index (κ2) is 4.75. The molecule has 0 aliphatic carbocycles. The van der Waals surface area contributed by atoms with Crippen molar-refractivity contribution in [3.05, 3.63) is 34.2 Å². The van der Waals surface area contributed by atoms with Crippen LogP contribution in [0.2, 0.25) is 5.15 Å². The number of alkyl halides is 3. The van der Waals surface area contributed by atoms with E-state index in [0.29, 0.717) is 10.4 Å². The molecule has 1 N–H and O–H groups in total. The summed E-state index contributed by atoms with van der Waals surface area (Å²) in [6, 6.07) is 2.81. The second-order valence-corrected chi connectivity index (χ2v) is 4.12. The highest BCUT2D eigenvalue weighted by atomic mass is 35.5. The third kappa shape index (κ3) is 2.44. The molecule has 0 aliphatic rings. The number of halogens is 4. The van der Waals surface area contributed by atoms with E-state index >= 15 is 0 Å². The normalized spacial score (nSPS) is 11.7. The number of hydrogen-bond acceptors (Lipinski definition) is 4. The maximum absolute atomic E-state index is 12.7. The number of aromatic carboxylic acids is 1. The van der Waals surface area contributed by atoms with E-state index in [1.165, 1.54) is 12.1 Å². The summed E-state index contributed by atoms with van der Waals surface area (Å²) in [7, 11) is 0. The third-order valence-electron chi connectivity index (χ3n) is 2.31. The van der Waals surface area contributed by atoms with E-state index in [1.54, 1.807) is 6.92 Å². The van der Waals surface area contributed by atoms with Gasteiger partial charge in [0, 0.05) is 0 Å². The van der Waals surface area contributed by atoms with Crippen LogP contribution >= 0.6 is 11.6 Å². The predicted molar refractivity (Wildman–Crippen MR) is 60.9 cm³/mol. The molecule has 0 saturated carbocycles. The molecular weight excluding hydrogens is 301 g/mol. The zero-order chi connectivity index (χ0) is 15.1. The molecule has 0 aliphatic heterocycles. The van der Waals surface area contributed by atoms with Crippen molar-refractivity contribution in [3.8, 4) is 5.82 Å². The van der Waals surface area contributed by atoms with Crippen LogP contribution in [0.3, 0.4) is 0 Å². The van der Waals surface area contributed by atoms with Crippen LogP contribution in [0.4, 0.5) is 13.2 Å². The summed E-state index contributed by atoms with van der Waals surface area (Å²) in [5, 5.41) is 18.6. The molecule has 2 aromatic heterocycles. The summed E-state index contributed by atoms with van der Waals surface area (Å²) in [5.74, 6) is -1.94. The van der Waals surface area contributed by atoms with Gasteiger partial charge in [0.25, 0.3) is 0 Å². The van der Waals surface area contributed by atoms with Crippen molar-refractivity contribution in [3.63, 3.8) is 0 Å². The highest BCUT2D eigenvalue weighted by Gasteiger charge is 2.41. The lowest BCUT2D eigenvalue weighted by molar-refractivity contribution is -0.141. The third-order valence-corrected chi connectivity index (χ3v) is 2.66. The lowest BCUT2D eigenvalue weighted by Crippen LogP contribution is -2.12. The Balaban J connectivity index is 2.67. The number of aromatic nitrogens is 4. The number of aryl methyl sites for hydroxylation is 1. The van der Waals surface area contributed by atoms with E-state index in [4.69, 9.17) is 16.7 Å². The first-order valence-corrected chi connectivity index (χ1v) is 5.49. The average molecular weight is 307 g/mol. The van der Waals surface area contributed by atoms with Crippen molar-refractivity contribution in [2.75, 3.05) is 0 Å². The lowest BCUT2D eigenvalue weighted by Gasteiger charge is -2.02. The fourth-order valence-electron chi connectivity index (χ4n) is 1.44. The Morgan fingerprint density at radius 3 is 2.40 bits per heavy atom. The number of nitrogens with zero attached hydrogens (tertiary/aromatic N) is 4. The Morgan fingerprint density at radius 2 is 2.00 bits per heavy atom. The van der Waals surface area contributed by atoms with Crippen LogP contribution < -0.4 is 0 Å². The van der Waals surface area contributed by atoms with E-state index in [0.717, 1.165) is 0 Å². The number of rotatable bonds is 2. The summed E-state index contributed by atoms with van der Waals surface area (Å²) in [6.45, 7) is 1.63. The minimum Gasteiger partial charge on any atom is -0.478 e. The maximum Gasteiger partial charge on any atom is 0.436 e. The molecule has 2 aromatic rings. The smallest absolute Gasteiger partial charge is 0.436 e. The van der Waals surface area contributed by atoms with Gasteiger partial charge >= 0.3 is 12.1 Å². The molecule has 0 saturated heterocycles. The van der Waals surface area contributed by atoms with Crippen LogP contribution in [-0.2, 0) is 6.18 Å². The van der Waals surface area contributed by atoms with Crippen molar-refractivity contribution in [1.82, 2.24) is 20.0 Å². The summed E-state index contributed by atoms with van der Waals surface area (Å²) in [5.41, 5.74) is -2.18. The molecule has 10 heteroatoms. The van der Waals surface area contributed by atoms with Gasteiger partial charge in [-0.15, -0.1) is 5.10 Å². The molecule has 20 heavy (non-hydrogen) atoms. The Labute approximate surface area is 114 Å². The average Bonchev–Trinajstić information content (AvgIpc) is 2.68. The lowest BCUT2D eigenvalue weighted by atomic mass is 10.2. The van der Waals surface area contributed by atoms with Gasteiger partial charge in [0.2, 0.25) is 0 Å². The second-order valence-electron chi connectivity index (χ2n) is 3.76. The number of carbonyl (C=O) groups is 1. The standard InChI is InChI=1S/C10H6ClF3N4O2/c1-4-2-3-5(16-15-4)18-8(11)6(9(19)20)7(17-18)10(12,13)14/h2-3H,1H3,(H,19,20). The Kier molecular flexibility index (Phi) is 3.38. The van der Waals surface area contributed by atoms with Crippen molar-refractivity contribution >= 4 is 17.6 Å². The maximum atomic E-state index is 12.7. The molecule has 0 spiro atoms. The van der Waals surface area contributed by atoms with Gasteiger partial charge in [-0.3, -0.25) is 0 Å². The van der Waals surface area contributed by atoms with E-state index in [2.05, 4.69) is 15.3 Å². The quantitative estimate of drug-likeness (QED) is 0.921. The minimum atomic E-state index is -4.94. The highest BCUT2D eigenvalue weighted by molar-refractivity contribution is 6.32. The number of carboxylic acid groups (broad SMARTS) is 1. The van der Waals surface area contributed by atoms with E-state index < -0.39 is 28.6 Å². The monoisotopic (exact) mass is 306 g/mol. The zero-order valence-electron chi connectivity index (χ0n) is 9.81. The fraction of sp³-hybridized carbons (Fsp3) is 0.200. The summed E-state index contributed by atoms with van der Waals surface area (Å²) in [4.78, 5) is 10.9. The topological polar surface area (TPSA) is 80.9 Å². The molecule has 6 nitrogen and oxygen atoms in total. The van der Waals surface area contributed by atoms with E-state index in [9.17, 15) is 18.0 Å². The van der Waals surface area contributed by atoms with Crippen LogP contribution in [0, 0.1) is 6.92 Å². The van der Waals surface area contributed by atoms with Crippen LogP contribution in [0.5, 0.6) is 0 Å². The number of carboxylic acids is 1. The first kappa shape index (κ1) is 14.3. The Morgan fingerprint density at radius 1 is 1.35 bits per heavy atom. The molecule has 0 aromatic carbocycles. The van der Waals surface area contributed by atoms with Crippen LogP contribution in [0.1, 0.15) is 21.7 Å². The van der Waals surface area contributed by atoms with Crippen molar-refractivity contribution < 1.29 is 23.1 Å². The summed E-state index contributed by atoms with van der Waals surface area (Å²) >= 11 is 5.66. The van der Waals surface area contributed by atoms with Gasteiger partial charge in [-0.1, -0.05) is 11.6 Å². The van der Waals surface area contributed by atoms with Gasteiger partial charge < -0.3 is 5.11 Å². The fourth-order valence-corrected chi connectivity index (χ4v) is 1.74. The van der Waals surface area contributed by atoms with E-state index in [-0.39, 0.29) is 5.82 Å². The molecule has 0 unspecified atom stereocenters. The van der Waals surface area contributed by atoms with Gasteiger partial charge in [-0.2, -0.15) is 23.4 Å². The number of hydrogen-bond donors (Lipinski definition) is 1. The van der Waals surface area contributed by atoms with Gasteiger partial charge in [0.05, 0.1) is 5.69 Å². The summed E-state index contributed by atoms with van der Waals surface area (Å²) < 4.78 is 38.8. The Bertz CT molecular complexity index is 666. The summed E-state index contributed by atoms with van der Waals surface area (Å²) in [6.07, 6.45) is -4.94. The zero-order valence-corrected chi connectivity index (χ0v) is 10.6. The van der Waals surface area contributed by atoms with Crippen molar-refractivity contribution in [2.45, 2.75) is 13.1 Å². The molecule has 2 heterocycles. The molecule has 106 valence electrons. The molecule has 0 fully saturated rings. The van der Waals surface area contributed by atoms with Gasteiger partial charge in [0.1, 0.15) is 10.7 Å². The molecule has 0 atom stereocenters. The molecule has 0 bridgehead atoms. The molecule has 0 amide bonds. The predicted octanol–water partition coefficient (Wildman–Crippen LogP) is 2.34. The van der Waals surface area contributed by atoms with Gasteiger partial charge in [-0.25, -0.2) is 9.48 Å². The Hall–Kier alpha value is -2.16.